The molecule has 2 aromatic rings. The Morgan fingerprint density at radius 2 is 1.97 bits per heavy atom. The minimum atomic E-state index is -0.788. The molecule has 7 nitrogen and oxygen atoms in total. The number of aliphatic hydroxyl groups is 1. The number of nitrogens with zero attached hydrogens (tertiary/aromatic N) is 2. The first-order chi connectivity index (χ1) is 13.8. The fourth-order valence-corrected chi connectivity index (χ4v) is 3.49. The molecule has 3 rings (SSSR count). The predicted molar refractivity (Wildman–Crippen MR) is 104 cm³/mol. The van der Waals surface area contributed by atoms with E-state index in [2.05, 4.69) is 4.98 Å². The second kappa shape index (κ2) is 8.67. The average molecular weight is 421 g/mol. The molecule has 1 heterocycles. The molecule has 0 saturated heterocycles. The summed E-state index contributed by atoms with van der Waals surface area (Å²) in [4.78, 5) is 41.3. The molecule has 1 saturated carbocycles. The van der Waals surface area contributed by atoms with Crippen LogP contribution in [-0.4, -0.2) is 39.9 Å². The summed E-state index contributed by atoms with van der Waals surface area (Å²) < 4.78 is 19.9. The molecule has 1 aliphatic carbocycles. The van der Waals surface area contributed by atoms with E-state index in [0.29, 0.717) is 12.0 Å². The van der Waals surface area contributed by atoms with Gasteiger partial charge < -0.3 is 14.4 Å². The first-order valence-electron chi connectivity index (χ1n) is 8.90. The van der Waals surface area contributed by atoms with E-state index in [1.807, 2.05) is 0 Å². The summed E-state index contributed by atoms with van der Waals surface area (Å²) in [7, 11) is 1.44. The van der Waals surface area contributed by atoms with Crippen molar-refractivity contribution < 1.29 is 23.8 Å². The minimum absolute atomic E-state index is 0.0287. The number of aromatic nitrogens is 2. The lowest BCUT2D eigenvalue weighted by atomic mass is 9.90. The van der Waals surface area contributed by atoms with Crippen LogP contribution in [0.1, 0.15) is 25.0 Å². The summed E-state index contributed by atoms with van der Waals surface area (Å²) in [5, 5.41) is 10.4. The largest absolute Gasteiger partial charge is 0.505 e. The molecule has 1 N–H and O–H groups in total. The number of ether oxygens (including phenoxy) is 1. The quantitative estimate of drug-likeness (QED) is 0.453. The van der Waals surface area contributed by atoms with Gasteiger partial charge in [-0.2, -0.15) is 0 Å². The number of methoxy groups -OCH3 is 1. The van der Waals surface area contributed by atoms with Gasteiger partial charge >= 0.3 is 0 Å². The minimum Gasteiger partial charge on any atom is -0.505 e. The highest BCUT2D eigenvalue weighted by Crippen LogP contribution is 2.28. The zero-order valence-electron chi connectivity index (χ0n) is 15.6. The van der Waals surface area contributed by atoms with Crippen LogP contribution in [0.5, 0.6) is 0 Å². The summed E-state index contributed by atoms with van der Waals surface area (Å²) in [6, 6.07) is 5.45. The molecule has 9 heteroatoms. The Kier molecular flexibility index (Phi) is 6.24. The van der Waals surface area contributed by atoms with Crippen molar-refractivity contribution >= 4 is 28.9 Å². The van der Waals surface area contributed by atoms with Gasteiger partial charge in [0.1, 0.15) is 11.4 Å². The standard InChI is InChI=1S/C20H18ClFN2O5/c1-29-9-8-24-17(11-4-2-5-12(22)10-11)19(21)23-16(20(24)28)18(27)15-13(25)6-3-7-14(15)26/h2,4-5,10,27H,3,6-9H2,1H3. The Balaban J connectivity index is 2.26. The molecule has 0 atom stereocenters. The van der Waals surface area contributed by atoms with Crippen LogP contribution in [0.4, 0.5) is 4.39 Å². The van der Waals surface area contributed by atoms with Crippen LogP contribution in [0.15, 0.2) is 34.6 Å². The molecule has 1 aromatic heterocycles. The van der Waals surface area contributed by atoms with Crippen LogP contribution in [0.25, 0.3) is 17.0 Å². The van der Waals surface area contributed by atoms with Gasteiger partial charge in [-0.1, -0.05) is 23.7 Å². The maximum atomic E-state index is 13.7. The van der Waals surface area contributed by atoms with E-state index in [1.54, 1.807) is 6.07 Å². The van der Waals surface area contributed by atoms with Gasteiger partial charge in [0.05, 0.1) is 12.3 Å². The molecule has 0 unspecified atom stereocenters. The van der Waals surface area contributed by atoms with E-state index >= 15 is 0 Å². The van der Waals surface area contributed by atoms with E-state index in [9.17, 15) is 23.9 Å². The normalized spacial score (nSPS) is 14.4. The van der Waals surface area contributed by atoms with Crippen LogP contribution < -0.4 is 5.56 Å². The lowest BCUT2D eigenvalue weighted by Gasteiger charge is -2.17. The van der Waals surface area contributed by atoms with Gasteiger partial charge in [0.15, 0.2) is 28.2 Å². The van der Waals surface area contributed by atoms with Crippen molar-refractivity contribution in [2.45, 2.75) is 25.8 Å². The Morgan fingerprint density at radius 1 is 1.28 bits per heavy atom. The fourth-order valence-electron chi connectivity index (χ4n) is 3.20. The van der Waals surface area contributed by atoms with Crippen LogP contribution in [0.3, 0.4) is 0 Å². The monoisotopic (exact) mass is 420 g/mol. The number of halogens is 2. The number of ketones is 2. The predicted octanol–water partition coefficient (Wildman–Crippen LogP) is 2.94. The molecule has 0 aliphatic heterocycles. The zero-order chi connectivity index (χ0) is 21.1. The van der Waals surface area contributed by atoms with Gasteiger partial charge in [0.25, 0.3) is 5.56 Å². The lowest BCUT2D eigenvalue weighted by Crippen LogP contribution is -2.30. The Bertz CT molecular complexity index is 1060. The zero-order valence-corrected chi connectivity index (χ0v) is 16.3. The van der Waals surface area contributed by atoms with E-state index in [-0.39, 0.29) is 36.8 Å². The molecular weight excluding hydrogens is 403 g/mol. The molecule has 152 valence electrons. The molecule has 1 aromatic carbocycles. The Hall–Kier alpha value is -2.84. The highest BCUT2D eigenvalue weighted by atomic mass is 35.5. The highest BCUT2D eigenvalue weighted by molar-refractivity contribution is 6.32. The van der Waals surface area contributed by atoms with Crippen molar-refractivity contribution in [3.05, 3.63) is 56.9 Å². The molecule has 1 aliphatic rings. The van der Waals surface area contributed by atoms with Gasteiger partial charge in [-0.15, -0.1) is 0 Å². The van der Waals surface area contributed by atoms with E-state index in [0.717, 1.165) is 0 Å². The van der Waals surface area contributed by atoms with Gasteiger partial charge in [-0.25, -0.2) is 9.37 Å². The number of rotatable bonds is 5. The van der Waals surface area contributed by atoms with Gasteiger partial charge in [-0.05, 0) is 18.6 Å². The number of Topliss-reactive ketones (excluding diaryl/α,β-unsaturated/α-hetero) is 2. The van der Waals surface area contributed by atoms with Crippen LogP contribution in [-0.2, 0) is 20.9 Å². The summed E-state index contributed by atoms with van der Waals surface area (Å²) in [6.07, 6.45) is 0.579. The van der Waals surface area contributed by atoms with Crippen molar-refractivity contribution in [3.63, 3.8) is 0 Å². The summed E-state index contributed by atoms with van der Waals surface area (Å²) in [5.41, 5.74) is -1.28. The van der Waals surface area contributed by atoms with E-state index in [4.69, 9.17) is 16.3 Å². The van der Waals surface area contributed by atoms with Gasteiger partial charge in [0.2, 0.25) is 0 Å². The van der Waals surface area contributed by atoms with Crippen molar-refractivity contribution in [3.8, 4) is 11.3 Å². The number of carbonyl (C=O) groups is 2. The summed E-state index contributed by atoms with van der Waals surface area (Å²) in [6.45, 7) is 0.151. The van der Waals surface area contributed by atoms with Crippen molar-refractivity contribution in [2.24, 2.45) is 0 Å². The number of carbonyl (C=O) groups excluding carboxylic acids is 2. The average Bonchev–Trinajstić information content (AvgIpc) is 2.67. The third-order valence-corrected chi connectivity index (χ3v) is 4.83. The first kappa shape index (κ1) is 20.9. The van der Waals surface area contributed by atoms with E-state index in [1.165, 1.54) is 29.9 Å². The Labute approximate surface area is 170 Å². The molecule has 0 amide bonds. The van der Waals surface area contributed by atoms with Crippen molar-refractivity contribution in [2.75, 3.05) is 13.7 Å². The maximum absolute atomic E-state index is 13.7. The number of hydrogen-bond acceptors (Lipinski definition) is 6. The third-order valence-electron chi connectivity index (χ3n) is 4.57. The maximum Gasteiger partial charge on any atom is 0.280 e. The number of allylic oxidation sites excluding steroid dienone is 1. The third kappa shape index (κ3) is 4.13. The molecule has 1 fully saturated rings. The second-order valence-electron chi connectivity index (χ2n) is 6.48. The molecule has 0 bridgehead atoms. The van der Waals surface area contributed by atoms with Crippen molar-refractivity contribution in [1.29, 1.82) is 0 Å². The van der Waals surface area contributed by atoms with E-state index < -0.39 is 40.0 Å². The second-order valence-corrected chi connectivity index (χ2v) is 6.84. The van der Waals surface area contributed by atoms with Gasteiger partial charge in [0, 0.05) is 32.1 Å². The molecule has 29 heavy (non-hydrogen) atoms. The molecule has 0 spiro atoms. The van der Waals surface area contributed by atoms with Crippen molar-refractivity contribution in [1.82, 2.24) is 9.55 Å². The van der Waals surface area contributed by atoms with Crippen LogP contribution in [0.2, 0.25) is 5.15 Å². The SMILES string of the molecule is COCCn1c(-c2cccc(F)c2)c(Cl)nc(C(O)=C2C(=O)CCCC2=O)c1=O. The highest BCUT2D eigenvalue weighted by Gasteiger charge is 2.30. The number of hydrogen-bond donors (Lipinski definition) is 1. The number of aliphatic hydroxyl groups excluding tert-OH is 1. The fraction of sp³-hybridized carbons (Fsp3) is 0.300. The smallest absolute Gasteiger partial charge is 0.280 e. The van der Waals surface area contributed by atoms with Crippen LogP contribution >= 0.6 is 11.6 Å². The summed E-state index contributed by atoms with van der Waals surface area (Å²) in [5.74, 6) is -2.41. The molecule has 0 radical (unpaired) electrons. The number of benzene rings is 1. The lowest BCUT2D eigenvalue weighted by molar-refractivity contribution is -0.123. The topological polar surface area (TPSA) is 98.5 Å². The Morgan fingerprint density at radius 3 is 2.59 bits per heavy atom. The summed E-state index contributed by atoms with van der Waals surface area (Å²) >= 11 is 6.29. The van der Waals surface area contributed by atoms with Crippen LogP contribution in [0, 0.1) is 5.82 Å². The molecular formula is C20H18ClFN2O5. The van der Waals surface area contributed by atoms with Gasteiger partial charge in [-0.3, -0.25) is 14.4 Å². The first-order valence-corrected chi connectivity index (χ1v) is 9.28.